The molecule has 5 heteroatoms. The summed E-state index contributed by atoms with van der Waals surface area (Å²) >= 11 is 0. The van der Waals surface area contributed by atoms with E-state index in [1.807, 2.05) is 18.2 Å². The summed E-state index contributed by atoms with van der Waals surface area (Å²) in [5, 5.41) is 9.05. The van der Waals surface area contributed by atoms with Crippen molar-refractivity contribution in [1.29, 1.82) is 0 Å². The van der Waals surface area contributed by atoms with Crippen LogP contribution in [-0.2, 0) is 11.2 Å². The van der Waals surface area contributed by atoms with E-state index < -0.39 is 0 Å². The van der Waals surface area contributed by atoms with Crippen molar-refractivity contribution >= 4 is 27.5 Å². The van der Waals surface area contributed by atoms with Crippen LogP contribution < -0.4 is 5.73 Å². The minimum atomic E-state index is -0.251. The van der Waals surface area contributed by atoms with E-state index in [0.717, 1.165) is 12.0 Å². The van der Waals surface area contributed by atoms with Crippen LogP contribution in [-0.4, -0.2) is 22.4 Å². The Bertz CT molecular complexity index is 422. The van der Waals surface area contributed by atoms with Gasteiger partial charge in [0.15, 0.2) is 0 Å². The van der Waals surface area contributed by atoms with Gasteiger partial charge in [0.1, 0.15) is 0 Å². The highest BCUT2D eigenvalue weighted by atomic mass is 33.1. The SMILES string of the molecule is CC(C)(CCC(N)=O)SSc1ccccc1CCO. The molecule has 106 valence electrons. The highest BCUT2D eigenvalue weighted by molar-refractivity contribution is 8.77. The maximum Gasteiger partial charge on any atom is 0.217 e. The molecule has 0 unspecified atom stereocenters. The van der Waals surface area contributed by atoms with E-state index in [9.17, 15) is 4.79 Å². The molecule has 0 saturated carbocycles. The van der Waals surface area contributed by atoms with Crippen molar-refractivity contribution in [2.75, 3.05) is 6.61 Å². The summed E-state index contributed by atoms with van der Waals surface area (Å²) in [5.41, 5.74) is 6.35. The zero-order valence-corrected chi connectivity index (χ0v) is 13.0. The van der Waals surface area contributed by atoms with Gasteiger partial charge in [-0.2, -0.15) is 0 Å². The van der Waals surface area contributed by atoms with Gasteiger partial charge < -0.3 is 10.8 Å². The molecule has 0 heterocycles. The minimum Gasteiger partial charge on any atom is -0.396 e. The number of amides is 1. The number of rotatable bonds is 8. The molecular formula is C14H21NO2S2. The van der Waals surface area contributed by atoms with Gasteiger partial charge in [-0.15, -0.1) is 0 Å². The molecule has 19 heavy (non-hydrogen) atoms. The summed E-state index contributed by atoms with van der Waals surface area (Å²) in [6.07, 6.45) is 1.85. The monoisotopic (exact) mass is 299 g/mol. The van der Waals surface area contributed by atoms with Gasteiger partial charge in [0.25, 0.3) is 0 Å². The van der Waals surface area contributed by atoms with Crippen molar-refractivity contribution in [3.8, 4) is 0 Å². The Labute approximate surface area is 122 Å². The molecule has 1 aromatic rings. The first-order valence-electron chi connectivity index (χ1n) is 6.27. The molecular weight excluding hydrogens is 278 g/mol. The summed E-state index contributed by atoms with van der Waals surface area (Å²) < 4.78 is -0.00791. The van der Waals surface area contributed by atoms with Gasteiger partial charge in [-0.05, 0) is 38.3 Å². The van der Waals surface area contributed by atoms with Crippen molar-refractivity contribution in [3.05, 3.63) is 29.8 Å². The molecule has 0 atom stereocenters. The highest BCUT2D eigenvalue weighted by Crippen LogP contribution is 2.44. The van der Waals surface area contributed by atoms with Crippen LogP contribution in [0.3, 0.4) is 0 Å². The van der Waals surface area contributed by atoms with Crippen LogP contribution in [0.25, 0.3) is 0 Å². The number of nitrogens with two attached hydrogens (primary N) is 1. The summed E-state index contributed by atoms with van der Waals surface area (Å²) in [6, 6.07) is 8.08. The lowest BCUT2D eigenvalue weighted by Gasteiger charge is -2.23. The molecule has 3 N–H and O–H groups in total. The Kier molecular flexibility index (Phi) is 6.75. The van der Waals surface area contributed by atoms with Gasteiger partial charge in [-0.3, -0.25) is 4.79 Å². The second kappa shape index (κ2) is 7.82. The molecule has 0 aromatic heterocycles. The van der Waals surface area contributed by atoms with Crippen LogP contribution in [0, 0.1) is 0 Å². The molecule has 1 aromatic carbocycles. The molecule has 1 amide bonds. The van der Waals surface area contributed by atoms with Crippen molar-refractivity contribution in [1.82, 2.24) is 0 Å². The maximum atomic E-state index is 10.8. The topological polar surface area (TPSA) is 63.3 Å². The van der Waals surface area contributed by atoms with E-state index in [2.05, 4.69) is 19.9 Å². The number of aliphatic hydroxyl groups is 1. The third kappa shape index (κ3) is 6.36. The number of benzene rings is 1. The van der Waals surface area contributed by atoms with Gasteiger partial charge in [0, 0.05) is 22.7 Å². The van der Waals surface area contributed by atoms with E-state index in [1.54, 1.807) is 21.6 Å². The normalized spacial score (nSPS) is 11.5. The zero-order valence-electron chi connectivity index (χ0n) is 11.4. The summed E-state index contributed by atoms with van der Waals surface area (Å²) in [7, 11) is 3.44. The summed E-state index contributed by atoms with van der Waals surface area (Å²) in [6.45, 7) is 4.39. The van der Waals surface area contributed by atoms with Crippen LogP contribution in [0.1, 0.15) is 32.3 Å². The van der Waals surface area contributed by atoms with Gasteiger partial charge >= 0.3 is 0 Å². The maximum absolute atomic E-state index is 10.8. The third-order valence-corrected chi connectivity index (χ3v) is 6.14. The van der Waals surface area contributed by atoms with Crippen LogP contribution >= 0.6 is 21.6 Å². The highest BCUT2D eigenvalue weighted by Gasteiger charge is 2.20. The van der Waals surface area contributed by atoms with E-state index in [-0.39, 0.29) is 17.3 Å². The van der Waals surface area contributed by atoms with Gasteiger partial charge in [-0.1, -0.05) is 39.8 Å². The number of aliphatic hydroxyl groups excluding tert-OH is 1. The average Bonchev–Trinajstić information content (AvgIpc) is 2.36. The molecule has 0 aliphatic heterocycles. The second-order valence-electron chi connectivity index (χ2n) is 4.97. The molecule has 0 saturated heterocycles. The zero-order chi connectivity index (χ0) is 14.3. The van der Waals surface area contributed by atoms with Crippen LogP contribution in [0.4, 0.5) is 0 Å². The minimum absolute atomic E-state index is 0.00791. The molecule has 0 bridgehead atoms. The molecule has 0 aliphatic carbocycles. The van der Waals surface area contributed by atoms with Gasteiger partial charge in [0.2, 0.25) is 5.91 Å². The molecule has 0 spiro atoms. The first-order chi connectivity index (χ1) is 8.94. The largest absolute Gasteiger partial charge is 0.396 e. The van der Waals surface area contributed by atoms with E-state index in [1.165, 1.54) is 4.90 Å². The third-order valence-electron chi connectivity index (χ3n) is 2.68. The Hall–Kier alpha value is -0.650. The van der Waals surface area contributed by atoms with Crippen molar-refractivity contribution in [3.63, 3.8) is 0 Å². The van der Waals surface area contributed by atoms with Crippen LogP contribution in [0.5, 0.6) is 0 Å². The number of carbonyl (C=O) groups is 1. The summed E-state index contributed by atoms with van der Waals surface area (Å²) in [4.78, 5) is 12.0. The second-order valence-corrected chi connectivity index (χ2v) is 7.85. The molecule has 0 radical (unpaired) electrons. The fourth-order valence-electron chi connectivity index (χ4n) is 1.54. The number of hydrogen-bond donors (Lipinski definition) is 2. The lowest BCUT2D eigenvalue weighted by atomic mass is 10.1. The predicted octanol–water partition coefficient (Wildman–Crippen LogP) is 3.01. The fourth-order valence-corrected chi connectivity index (χ4v) is 4.13. The number of carbonyl (C=O) groups excluding carboxylic acids is 1. The first kappa shape index (κ1) is 16.4. The Morgan fingerprint density at radius 2 is 2.05 bits per heavy atom. The van der Waals surface area contributed by atoms with Crippen molar-refractivity contribution in [2.45, 2.75) is 42.8 Å². The van der Waals surface area contributed by atoms with Crippen molar-refractivity contribution < 1.29 is 9.90 Å². The molecule has 3 nitrogen and oxygen atoms in total. The van der Waals surface area contributed by atoms with Crippen LogP contribution in [0.15, 0.2) is 29.2 Å². The smallest absolute Gasteiger partial charge is 0.217 e. The Morgan fingerprint density at radius 3 is 2.68 bits per heavy atom. The van der Waals surface area contributed by atoms with Gasteiger partial charge in [-0.25, -0.2) is 0 Å². The average molecular weight is 299 g/mol. The number of hydrogen-bond acceptors (Lipinski definition) is 4. The molecule has 0 aliphatic rings. The first-order valence-corrected chi connectivity index (χ1v) is 8.42. The number of primary amides is 1. The van der Waals surface area contributed by atoms with Crippen LogP contribution in [0.2, 0.25) is 0 Å². The standard InChI is InChI=1S/C14H21NO2S2/c1-14(2,9-7-13(15)17)19-18-12-6-4-3-5-11(12)8-10-16/h3-6,16H,7-10H2,1-2H3,(H2,15,17). The lowest BCUT2D eigenvalue weighted by Crippen LogP contribution is -2.19. The van der Waals surface area contributed by atoms with Crippen molar-refractivity contribution in [2.24, 2.45) is 5.73 Å². The summed E-state index contributed by atoms with van der Waals surface area (Å²) in [5.74, 6) is -0.251. The Balaban J connectivity index is 2.57. The Morgan fingerprint density at radius 1 is 1.37 bits per heavy atom. The van der Waals surface area contributed by atoms with Gasteiger partial charge in [0.05, 0.1) is 0 Å². The molecule has 0 fully saturated rings. The quantitative estimate of drug-likeness (QED) is 0.724. The predicted molar refractivity (Wildman–Crippen MR) is 83.2 cm³/mol. The van der Waals surface area contributed by atoms with E-state index in [4.69, 9.17) is 10.8 Å². The molecule has 1 rings (SSSR count). The lowest BCUT2D eigenvalue weighted by molar-refractivity contribution is -0.118. The fraction of sp³-hybridized carbons (Fsp3) is 0.500. The van der Waals surface area contributed by atoms with E-state index >= 15 is 0 Å². The van der Waals surface area contributed by atoms with E-state index in [0.29, 0.717) is 12.8 Å².